The Labute approximate surface area is 159 Å². The average Bonchev–Trinajstić information content (AvgIpc) is 2.67. The summed E-state index contributed by atoms with van der Waals surface area (Å²) in [6.07, 6.45) is 0. The molecule has 0 radical (unpaired) electrons. The molecule has 0 aliphatic rings. The third-order valence-corrected chi connectivity index (χ3v) is 4.23. The van der Waals surface area contributed by atoms with Gasteiger partial charge in [0.2, 0.25) is 0 Å². The molecule has 4 N–H and O–H groups in total. The highest BCUT2D eigenvalue weighted by Gasteiger charge is 2.26. The van der Waals surface area contributed by atoms with Crippen molar-refractivity contribution >= 4 is 44.3 Å². The van der Waals surface area contributed by atoms with Gasteiger partial charge in [-0.3, -0.25) is 20.2 Å². The highest BCUT2D eigenvalue weighted by molar-refractivity contribution is 6.01. The lowest BCUT2D eigenvalue weighted by molar-refractivity contribution is -0.421. The Balaban J connectivity index is 0.000000167. The topological polar surface area (TPSA) is 138 Å². The van der Waals surface area contributed by atoms with Crippen LogP contribution in [0, 0.1) is 20.2 Å². The van der Waals surface area contributed by atoms with Crippen molar-refractivity contribution in [1.82, 2.24) is 0 Å². The standard InChI is InChI=1S/C10H6N2O4.C10H10N2/c13-11(14)9-6-5-7-3-1-2-4-8(7)10(9)12(15)16;11-8-5-1-3-7-4-2-6-9(12)10(7)8/h1-6H;1-6H,11-12H2. The lowest BCUT2D eigenvalue weighted by Crippen LogP contribution is -1.97. The maximum Gasteiger partial charge on any atom is 0.353 e. The van der Waals surface area contributed by atoms with Crippen LogP contribution < -0.4 is 11.5 Å². The summed E-state index contributed by atoms with van der Waals surface area (Å²) in [4.78, 5) is 20.0. The van der Waals surface area contributed by atoms with E-state index in [0.717, 1.165) is 28.2 Å². The van der Waals surface area contributed by atoms with Gasteiger partial charge >= 0.3 is 11.4 Å². The van der Waals surface area contributed by atoms with E-state index in [-0.39, 0.29) is 5.39 Å². The van der Waals surface area contributed by atoms with E-state index in [1.54, 1.807) is 18.2 Å². The largest absolute Gasteiger partial charge is 0.398 e. The van der Waals surface area contributed by atoms with Gasteiger partial charge in [0.25, 0.3) is 0 Å². The molecule has 0 bridgehead atoms. The van der Waals surface area contributed by atoms with Crippen LogP contribution in [0.3, 0.4) is 0 Å². The summed E-state index contributed by atoms with van der Waals surface area (Å²) >= 11 is 0. The fourth-order valence-corrected chi connectivity index (χ4v) is 2.98. The molecule has 28 heavy (non-hydrogen) atoms. The maximum absolute atomic E-state index is 10.8. The SMILES string of the molecule is Nc1cccc2cccc(N)c12.O=[N+]([O-])c1ccc2ccccc2c1[N+](=O)[O-]. The van der Waals surface area contributed by atoms with Crippen LogP contribution in [-0.2, 0) is 0 Å². The molecule has 4 aromatic carbocycles. The van der Waals surface area contributed by atoms with Crippen molar-refractivity contribution in [1.29, 1.82) is 0 Å². The Morgan fingerprint density at radius 1 is 0.643 bits per heavy atom. The predicted molar refractivity (Wildman–Crippen MR) is 110 cm³/mol. The van der Waals surface area contributed by atoms with Crippen LogP contribution in [0.2, 0.25) is 0 Å². The van der Waals surface area contributed by atoms with E-state index in [9.17, 15) is 20.2 Å². The molecule has 0 unspecified atom stereocenters. The molecule has 0 fully saturated rings. The molecule has 0 spiro atoms. The molecule has 0 amide bonds. The monoisotopic (exact) mass is 376 g/mol. The van der Waals surface area contributed by atoms with Crippen LogP contribution in [0.25, 0.3) is 21.5 Å². The molecule has 0 aliphatic carbocycles. The Hall–Kier alpha value is -4.20. The van der Waals surface area contributed by atoms with E-state index >= 15 is 0 Å². The molecule has 140 valence electrons. The van der Waals surface area contributed by atoms with Gasteiger partial charge < -0.3 is 11.5 Å². The number of anilines is 2. The molecule has 4 rings (SSSR count). The van der Waals surface area contributed by atoms with Gasteiger partial charge in [0.05, 0.1) is 15.2 Å². The summed E-state index contributed by atoms with van der Waals surface area (Å²) in [6, 6.07) is 20.7. The van der Waals surface area contributed by atoms with Gasteiger partial charge in [0, 0.05) is 22.8 Å². The third-order valence-electron chi connectivity index (χ3n) is 4.23. The number of nitro benzene ring substituents is 2. The number of nitrogens with two attached hydrogens (primary N) is 2. The van der Waals surface area contributed by atoms with Crippen molar-refractivity contribution < 1.29 is 9.85 Å². The first-order valence-electron chi connectivity index (χ1n) is 8.23. The molecule has 0 saturated carbocycles. The molecular weight excluding hydrogens is 360 g/mol. The minimum atomic E-state index is -0.745. The van der Waals surface area contributed by atoms with Crippen molar-refractivity contribution in [2.75, 3.05) is 11.5 Å². The number of hydrogen-bond acceptors (Lipinski definition) is 6. The van der Waals surface area contributed by atoms with Crippen molar-refractivity contribution in [2.24, 2.45) is 0 Å². The second-order valence-corrected chi connectivity index (χ2v) is 5.96. The minimum absolute atomic E-state index is 0.279. The van der Waals surface area contributed by atoms with Crippen LogP contribution in [-0.4, -0.2) is 9.85 Å². The Morgan fingerprint density at radius 3 is 1.75 bits per heavy atom. The number of nitrogens with zero attached hydrogens (tertiary/aromatic N) is 2. The first-order valence-corrected chi connectivity index (χ1v) is 8.23. The molecule has 4 aromatic rings. The van der Waals surface area contributed by atoms with Crippen LogP contribution in [0.5, 0.6) is 0 Å². The molecule has 0 heterocycles. The van der Waals surface area contributed by atoms with Gasteiger partial charge in [0.15, 0.2) is 0 Å². The number of nitro groups is 2. The smallest absolute Gasteiger partial charge is 0.353 e. The molecule has 0 saturated heterocycles. The van der Waals surface area contributed by atoms with Crippen molar-refractivity contribution in [3.8, 4) is 0 Å². The highest BCUT2D eigenvalue weighted by Crippen LogP contribution is 2.34. The first kappa shape index (κ1) is 18.6. The first-order chi connectivity index (χ1) is 13.4. The van der Waals surface area contributed by atoms with E-state index in [4.69, 9.17) is 11.5 Å². The second kappa shape index (κ2) is 7.58. The van der Waals surface area contributed by atoms with Gasteiger partial charge in [-0.2, -0.15) is 0 Å². The number of hydrogen-bond donors (Lipinski definition) is 2. The zero-order chi connectivity index (χ0) is 20.3. The van der Waals surface area contributed by atoms with Gasteiger partial charge in [0.1, 0.15) is 0 Å². The van der Waals surface area contributed by atoms with Crippen LogP contribution >= 0.6 is 0 Å². The summed E-state index contributed by atoms with van der Waals surface area (Å²) < 4.78 is 0. The van der Waals surface area contributed by atoms with E-state index in [1.807, 2.05) is 36.4 Å². The van der Waals surface area contributed by atoms with E-state index in [2.05, 4.69) is 0 Å². The van der Waals surface area contributed by atoms with E-state index < -0.39 is 21.2 Å². The minimum Gasteiger partial charge on any atom is -0.398 e. The molecule has 0 aromatic heterocycles. The molecular formula is C20H16N4O4. The molecule has 8 nitrogen and oxygen atoms in total. The summed E-state index contributed by atoms with van der Waals surface area (Å²) in [7, 11) is 0. The van der Waals surface area contributed by atoms with Crippen molar-refractivity contribution in [3.05, 3.63) is 93.0 Å². The van der Waals surface area contributed by atoms with Crippen LogP contribution in [0.15, 0.2) is 72.8 Å². The summed E-state index contributed by atoms with van der Waals surface area (Å²) in [5.41, 5.74) is 12.1. The van der Waals surface area contributed by atoms with Gasteiger partial charge in [-0.25, -0.2) is 0 Å². The van der Waals surface area contributed by atoms with Gasteiger partial charge in [-0.1, -0.05) is 42.5 Å². The Morgan fingerprint density at radius 2 is 1.21 bits per heavy atom. The lowest BCUT2D eigenvalue weighted by atomic mass is 10.1. The summed E-state index contributed by atoms with van der Waals surface area (Å²) in [6.45, 7) is 0. The molecule has 0 atom stereocenters. The fraction of sp³-hybridized carbons (Fsp3) is 0. The highest BCUT2D eigenvalue weighted by atomic mass is 16.6. The second-order valence-electron chi connectivity index (χ2n) is 5.96. The zero-order valence-electron chi connectivity index (χ0n) is 14.6. The number of fused-ring (bicyclic) bond motifs is 2. The number of rotatable bonds is 2. The van der Waals surface area contributed by atoms with Crippen LogP contribution in [0.1, 0.15) is 0 Å². The third kappa shape index (κ3) is 3.51. The quantitative estimate of drug-likeness (QED) is 0.296. The Bertz CT molecular complexity index is 1170. The fourth-order valence-electron chi connectivity index (χ4n) is 2.98. The lowest BCUT2D eigenvalue weighted by Gasteiger charge is -2.03. The Kier molecular flexibility index (Phi) is 5.03. The molecule has 8 heteroatoms. The maximum atomic E-state index is 10.8. The van der Waals surface area contributed by atoms with Crippen LogP contribution in [0.4, 0.5) is 22.7 Å². The number of nitrogen functional groups attached to an aromatic ring is 2. The van der Waals surface area contributed by atoms with Gasteiger partial charge in [-0.15, -0.1) is 0 Å². The summed E-state index contributed by atoms with van der Waals surface area (Å²) in [5.74, 6) is 0. The molecule has 0 aliphatic heterocycles. The van der Waals surface area contributed by atoms with E-state index in [1.165, 1.54) is 12.1 Å². The summed E-state index contributed by atoms with van der Waals surface area (Å²) in [5, 5.41) is 24.5. The number of benzene rings is 4. The predicted octanol–water partition coefficient (Wildman–Crippen LogP) is 4.66. The van der Waals surface area contributed by atoms with Gasteiger partial charge in [-0.05, 0) is 35.0 Å². The van der Waals surface area contributed by atoms with Crippen molar-refractivity contribution in [2.45, 2.75) is 0 Å². The van der Waals surface area contributed by atoms with Crippen molar-refractivity contribution in [3.63, 3.8) is 0 Å². The van der Waals surface area contributed by atoms with E-state index in [0.29, 0.717) is 5.39 Å². The zero-order valence-corrected chi connectivity index (χ0v) is 14.6. The average molecular weight is 376 g/mol. The normalized spacial score (nSPS) is 10.3.